The maximum absolute atomic E-state index is 13.8. The Hall–Kier alpha value is -2.58. The number of carbonyl (C=O) groups excluding carboxylic acids is 1. The zero-order chi connectivity index (χ0) is 22.5. The lowest BCUT2D eigenvalue weighted by atomic mass is 9.93. The lowest BCUT2D eigenvalue weighted by molar-refractivity contribution is -0.138. The van der Waals surface area contributed by atoms with E-state index in [4.69, 9.17) is 5.73 Å². The Morgan fingerprint density at radius 3 is 2.50 bits per heavy atom. The van der Waals surface area contributed by atoms with Gasteiger partial charge in [-0.2, -0.15) is 0 Å². The van der Waals surface area contributed by atoms with E-state index in [2.05, 4.69) is 15.2 Å². The number of pyridine rings is 1. The number of amides is 1. The van der Waals surface area contributed by atoms with Gasteiger partial charge in [-0.1, -0.05) is 6.07 Å². The van der Waals surface area contributed by atoms with Crippen LogP contribution in [0.1, 0.15) is 36.8 Å². The summed E-state index contributed by atoms with van der Waals surface area (Å²) < 4.78 is 26.8. The number of halogens is 2. The Balaban J connectivity index is 1.18. The van der Waals surface area contributed by atoms with Crippen molar-refractivity contribution in [2.24, 2.45) is 5.92 Å². The molecule has 8 heteroatoms. The van der Waals surface area contributed by atoms with Crippen LogP contribution in [-0.2, 0) is 17.9 Å². The molecule has 32 heavy (non-hydrogen) atoms. The van der Waals surface area contributed by atoms with Crippen LogP contribution in [0.15, 0.2) is 36.5 Å². The van der Waals surface area contributed by atoms with Crippen LogP contribution >= 0.6 is 0 Å². The summed E-state index contributed by atoms with van der Waals surface area (Å²) in [6.07, 6.45) is 5.17. The van der Waals surface area contributed by atoms with Crippen LogP contribution in [-0.4, -0.2) is 52.9 Å². The van der Waals surface area contributed by atoms with Crippen LogP contribution < -0.4 is 11.1 Å². The quantitative estimate of drug-likeness (QED) is 0.718. The zero-order valence-electron chi connectivity index (χ0n) is 18.3. The van der Waals surface area contributed by atoms with Gasteiger partial charge in [-0.05, 0) is 62.5 Å². The number of nitrogens with zero attached hydrogens (tertiary/aromatic N) is 3. The third-order valence-electron chi connectivity index (χ3n) is 6.59. The minimum Gasteiger partial charge on any atom is -0.384 e. The summed E-state index contributed by atoms with van der Waals surface area (Å²) in [6, 6.07) is 7.79. The van der Waals surface area contributed by atoms with E-state index in [1.165, 1.54) is 12.1 Å². The minimum atomic E-state index is -0.564. The molecule has 2 aliphatic heterocycles. The number of nitrogens with two attached hydrogens (primary N) is 1. The van der Waals surface area contributed by atoms with Gasteiger partial charge in [0, 0.05) is 56.0 Å². The first-order valence-electron chi connectivity index (χ1n) is 11.4. The van der Waals surface area contributed by atoms with Crippen molar-refractivity contribution in [3.05, 3.63) is 59.3 Å². The number of aromatic nitrogens is 1. The molecular weight excluding hydrogens is 412 g/mol. The molecule has 1 amide bonds. The molecule has 2 aliphatic rings. The molecule has 3 heterocycles. The molecule has 2 saturated heterocycles. The van der Waals surface area contributed by atoms with Crippen molar-refractivity contribution in [1.29, 1.82) is 0 Å². The van der Waals surface area contributed by atoms with Gasteiger partial charge in [0.15, 0.2) is 0 Å². The third-order valence-corrected chi connectivity index (χ3v) is 6.59. The van der Waals surface area contributed by atoms with Crippen LogP contribution in [0.5, 0.6) is 0 Å². The molecule has 0 radical (unpaired) electrons. The molecule has 0 saturated carbocycles. The van der Waals surface area contributed by atoms with Crippen LogP contribution in [0, 0.1) is 17.6 Å². The van der Waals surface area contributed by atoms with Gasteiger partial charge in [0.25, 0.3) is 0 Å². The molecule has 1 aromatic carbocycles. The minimum absolute atomic E-state index is 0.0894. The molecule has 1 aromatic heterocycles. The van der Waals surface area contributed by atoms with Gasteiger partial charge in [-0.3, -0.25) is 9.69 Å². The SMILES string of the molecule is Nc1cc(CN2CCC(C(=O)N3CCC(NCc4ccc(F)cc4F)CC3)CC2)ccn1. The number of hydrogen-bond acceptors (Lipinski definition) is 5. The lowest BCUT2D eigenvalue weighted by Crippen LogP contribution is -2.48. The van der Waals surface area contributed by atoms with Gasteiger partial charge in [-0.15, -0.1) is 0 Å². The molecule has 0 spiro atoms. The highest BCUT2D eigenvalue weighted by Crippen LogP contribution is 2.23. The van der Waals surface area contributed by atoms with Crippen LogP contribution in [0.4, 0.5) is 14.6 Å². The highest BCUT2D eigenvalue weighted by molar-refractivity contribution is 5.79. The highest BCUT2D eigenvalue weighted by atomic mass is 19.1. The lowest BCUT2D eigenvalue weighted by Gasteiger charge is -2.37. The van der Waals surface area contributed by atoms with Gasteiger partial charge >= 0.3 is 0 Å². The maximum Gasteiger partial charge on any atom is 0.225 e. The van der Waals surface area contributed by atoms with Crippen LogP contribution in [0.3, 0.4) is 0 Å². The first-order valence-corrected chi connectivity index (χ1v) is 11.4. The molecule has 3 N–H and O–H groups in total. The summed E-state index contributed by atoms with van der Waals surface area (Å²) in [5.41, 5.74) is 7.38. The summed E-state index contributed by atoms with van der Waals surface area (Å²) in [7, 11) is 0. The van der Waals surface area contributed by atoms with Gasteiger partial charge in [0.05, 0.1) is 0 Å². The van der Waals surface area contributed by atoms with Gasteiger partial charge in [-0.25, -0.2) is 13.8 Å². The number of anilines is 1. The van der Waals surface area contributed by atoms with Gasteiger partial charge < -0.3 is 16.0 Å². The summed E-state index contributed by atoms with van der Waals surface area (Å²) >= 11 is 0. The van der Waals surface area contributed by atoms with Crippen molar-refractivity contribution >= 4 is 11.7 Å². The summed E-state index contributed by atoms with van der Waals surface area (Å²) in [4.78, 5) is 21.4. The first kappa shape index (κ1) is 22.6. The van der Waals surface area contributed by atoms with Crippen molar-refractivity contribution in [2.75, 3.05) is 31.9 Å². The number of carbonyl (C=O) groups is 1. The van der Waals surface area contributed by atoms with E-state index in [1.54, 1.807) is 6.20 Å². The van der Waals surface area contributed by atoms with Gasteiger partial charge in [0.1, 0.15) is 17.5 Å². The Labute approximate surface area is 187 Å². The average molecular weight is 444 g/mol. The zero-order valence-corrected chi connectivity index (χ0v) is 18.3. The number of nitrogen functional groups attached to an aromatic ring is 1. The Morgan fingerprint density at radius 1 is 1.06 bits per heavy atom. The van der Waals surface area contributed by atoms with Crippen molar-refractivity contribution in [3.8, 4) is 0 Å². The second-order valence-corrected chi connectivity index (χ2v) is 8.86. The second-order valence-electron chi connectivity index (χ2n) is 8.86. The van der Waals surface area contributed by atoms with E-state index in [0.29, 0.717) is 17.9 Å². The molecule has 0 aliphatic carbocycles. The van der Waals surface area contributed by atoms with E-state index >= 15 is 0 Å². The second kappa shape index (κ2) is 10.4. The topological polar surface area (TPSA) is 74.5 Å². The Morgan fingerprint density at radius 2 is 1.81 bits per heavy atom. The van der Waals surface area contributed by atoms with E-state index < -0.39 is 11.6 Å². The molecule has 4 rings (SSSR count). The normalized spacial score (nSPS) is 18.8. The van der Waals surface area contributed by atoms with Crippen molar-refractivity contribution in [3.63, 3.8) is 0 Å². The van der Waals surface area contributed by atoms with E-state index in [0.717, 1.165) is 70.0 Å². The molecule has 2 fully saturated rings. The largest absolute Gasteiger partial charge is 0.384 e. The summed E-state index contributed by atoms with van der Waals surface area (Å²) in [5.74, 6) is -0.199. The van der Waals surface area contributed by atoms with Crippen LogP contribution in [0.2, 0.25) is 0 Å². The molecule has 2 aromatic rings. The molecular formula is C24H31F2N5O. The first-order chi connectivity index (χ1) is 15.5. The fourth-order valence-corrected chi connectivity index (χ4v) is 4.67. The smallest absolute Gasteiger partial charge is 0.225 e. The van der Waals surface area contributed by atoms with Crippen LogP contribution in [0.25, 0.3) is 0 Å². The van der Waals surface area contributed by atoms with Crippen molar-refractivity contribution < 1.29 is 13.6 Å². The number of benzene rings is 1. The predicted octanol–water partition coefficient (Wildman–Crippen LogP) is 2.93. The number of piperidine rings is 2. The predicted molar refractivity (Wildman–Crippen MR) is 119 cm³/mol. The molecule has 0 bridgehead atoms. The van der Waals surface area contributed by atoms with E-state index in [9.17, 15) is 13.6 Å². The number of likely N-dealkylation sites (tertiary alicyclic amines) is 2. The fourth-order valence-electron chi connectivity index (χ4n) is 4.67. The standard InChI is InChI=1S/C24H31F2N5O/c25-20-2-1-19(22(26)14-20)15-29-21-6-11-31(12-7-21)24(32)18-4-9-30(10-5-18)16-17-3-8-28-23(27)13-17/h1-3,8,13-14,18,21,29H,4-7,9-12,15-16H2,(H2,27,28). The summed E-state index contributed by atoms with van der Waals surface area (Å²) in [6.45, 7) is 4.45. The van der Waals surface area contributed by atoms with E-state index in [-0.39, 0.29) is 17.9 Å². The molecule has 0 atom stereocenters. The molecule has 0 unspecified atom stereocenters. The van der Waals surface area contributed by atoms with Gasteiger partial charge in [0.2, 0.25) is 5.91 Å². The van der Waals surface area contributed by atoms with Crippen molar-refractivity contribution in [2.45, 2.75) is 44.8 Å². The molecule has 6 nitrogen and oxygen atoms in total. The average Bonchev–Trinajstić information content (AvgIpc) is 2.79. The molecule has 172 valence electrons. The third kappa shape index (κ3) is 5.81. The maximum atomic E-state index is 13.8. The highest BCUT2D eigenvalue weighted by Gasteiger charge is 2.30. The van der Waals surface area contributed by atoms with Crippen molar-refractivity contribution in [1.82, 2.24) is 20.1 Å². The number of hydrogen-bond donors (Lipinski definition) is 2. The summed E-state index contributed by atoms with van der Waals surface area (Å²) in [5, 5.41) is 3.35. The Bertz CT molecular complexity index is 924. The monoisotopic (exact) mass is 443 g/mol. The fraction of sp³-hybridized carbons (Fsp3) is 0.500. The van der Waals surface area contributed by atoms with E-state index in [1.807, 2.05) is 17.0 Å². The Kier molecular flexibility index (Phi) is 7.32. The number of rotatable bonds is 6. The number of nitrogens with one attached hydrogen (secondary N) is 1.